The first-order valence-electron chi connectivity index (χ1n) is 10.6. The first kappa shape index (κ1) is 22.4. The fourth-order valence-corrected chi connectivity index (χ4v) is 6.66. The van der Waals surface area contributed by atoms with Crippen molar-refractivity contribution in [1.82, 2.24) is 5.32 Å². The van der Waals surface area contributed by atoms with E-state index >= 15 is 0 Å². The van der Waals surface area contributed by atoms with Gasteiger partial charge >= 0.3 is 5.97 Å². The second kappa shape index (κ2) is 9.76. The van der Waals surface area contributed by atoms with Gasteiger partial charge in [-0.1, -0.05) is 13.0 Å². The van der Waals surface area contributed by atoms with Crippen LogP contribution in [-0.4, -0.2) is 29.9 Å². The number of ketones is 1. The molecule has 0 spiro atoms. The molecule has 0 amide bonds. The minimum atomic E-state index is -0.349. The summed E-state index contributed by atoms with van der Waals surface area (Å²) < 4.78 is 5.62. The number of nitrogens with one attached hydrogen (secondary N) is 1. The quantitative estimate of drug-likeness (QED) is 0.408. The molecule has 1 aliphatic heterocycles. The minimum Gasteiger partial charge on any atom is -0.461 e. The normalized spacial score (nSPS) is 21.2. The van der Waals surface area contributed by atoms with Crippen molar-refractivity contribution in [2.75, 3.05) is 18.1 Å². The minimum absolute atomic E-state index is 0.127. The first-order valence-corrected chi connectivity index (χ1v) is 13.4. The number of aryl methyl sites for hydroxylation is 1. The third-order valence-electron chi connectivity index (χ3n) is 5.70. The average molecular weight is 474 g/mol. The maximum absolute atomic E-state index is 13.4. The number of thiophene rings is 2. The molecule has 0 aromatic carbocycles. The molecule has 0 fully saturated rings. The zero-order valence-corrected chi connectivity index (χ0v) is 20.5. The van der Waals surface area contributed by atoms with Gasteiger partial charge in [0.05, 0.1) is 11.5 Å². The van der Waals surface area contributed by atoms with Gasteiger partial charge in [-0.15, -0.1) is 22.7 Å². The molecule has 4 nitrogen and oxygen atoms in total. The van der Waals surface area contributed by atoms with E-state index in [2.05, 4.69) is 36.7 Å². The van der Waals surface area contributed by atoms with E-state index < -0.39 is 0 Å². The van der Waals surface area contributed by atoms with Crippen LogP contribution in [0.5, 0.6) is 0 Å². The predicted octanol–water partition coefficient (Wildman–Crippen LogP) is 5.78. The maximum atomic E-state index is 13.4. The summed E-state index contributed by atoms with van der Waals surface area (Å²) in [7, 11) is 0. The fraction of sp³-hybridized carbons (Fsp3) is 0.417. The summed E-state index contributed by atoms with van der Waals surface area (Å²) in [5.41, 5.74) is 3.07. The highest BCUT2D eigenvalue weighted by Crippen LogP contribution is 2.47. The van der Waals surface area contributed by atoms with Crippen LogP contribution in [0.1, 0.15) is 53.2 Å². The Bertz CT molecular complexity index is 1030. The van der Waals surface area contributed by atoms with E-state index in [-0.39, 0.29) is 23.6 Å². The molecule has 0 unspecified atom stereocenters. The Morgan fingerprint density at radius 2 is 2.06 bits per heavy atom. The summed E-state index contributed by atoms with van der Waals surface area (Å²) in [5.74, 6) is 1.42. The van der Waals surface area contributed by atoms with Gasteiger partial charge < -0.3 is 10.1 Å². The molecule has 0 radical (unpaired) electrons. The number of ether oxygens (including phenoxy) is 1. The van der Waals surface area contributed by atoms with Gasteiger partial charge in [-0.05, 0) is 49.6 Å². The van der Waals surface area contributed by atoms with Crippen molar-refractivity contribution in [1.29, 1.82) is 0 Å². The van der Waals surface area contributed by atoms with Crippen molar-refractivity contribution in [2.45, 2.75) is 45.4 Å². The van der Waals surface area contributed by atoms with Crippen LogP contribution in [0.25, 0.3) is 0 Å². The van der Waals surface area contributed by atoms with Crippen molar-refractivity contribution in [3.63, 3.8) is 0 Å². The van der Waals surface area contributed by atoms with Gasteiger partial charge in [0.15, 0.2) is 5.78 Å². The van der Waals surface area contributed by atoms with E-state index in [9.17, 15) is 9.59 Å². The molecule has 2 atom stereocenters. The molecule has 0 bridgehead atoms. The molecule has 2 aromatic rings. The van der Waals surface area contributed by atoms with Crippen LogP contribution >= 0.6 is 34.4 Å². The molecule has 0 saturated carbocycles. The zero-order chi connectivity index (χ0) is 22.0. The van der Waals surface area contributed by atoms with Gasteiger partial charge in [-0.3, -0.25) is 4.79 Å². The highest BCUT2D eigenvalue weighted by Gasteiger charge is 2.42. The number of allylic oxidation sites excluding steroid dienone is 3. The zero-order valence-electron chi connectivity index (χ0n) is 18.0. The third-order valence-corrected chi connectivity index (χ3v) is 8.67. The smallest absolute Gasteiger partial charge is 0.336 e. The number of esters is 1. The summed E-state index contributed by atoms with van der Waals surface area (Å²) in [6.07, 6.45) is 1.27. The number of hydrogen-bond donors (Lipinski definition) is 1. The molecular weight excluding hydrogens is 446 g/mol. The molecular formula is C24H27NO3S3. The van der Waals surface area contributed by atoms with E-state index in [0.717, 1.165) is 39.8 Å². The van der Waals surface area contributed by atoms with Crippen molar-refractivity contribution in [3.8, 4) is 0 Å². The second-order valence-corrected chi connectivity index (χ2v) is 11.5. The monoisotopic (exact) mass is 473 g/mol. The average Bonchev–Trinajstić information content (AvgIpc) is 3.42. The van der Waals surface area contributed by atoms with E-state index in [1.807, 2.05) is 19.1 Å². The number of hydrogen-bond acceptors (Lipinski definition) is 7. The van der Waals surface area contributed by atoms with Crippen LogP contribution in [0.15, 0.2) is 52.2 Å². The maximum Gasteiger partial charge on any atom is 0.336 e. The van der Waals surface area contributed by atoms with Crippen molar-refractivity contribution < 1.29 is 14.3 Å². The lowest BCUT2D eigenvalue weighted by Gasteiger charge is -2.35. The highest BCUT2D eigenvalue weighted by molar-refractivity contribution is 7.99. The number of rotatable bonds is 7. The summed E-state index contributed by atoms with van der Waals surface area (Å²) in [6.45, 7) is 6.45. The molecule has 31 heavy (non-hydrogen) atoms. The van der Waals surface area contributed by atoms with Crippen molar-refractivity contribution in [2.24, 2.45) is 0 Å². The van der Waals surface area contributed by atoms with Gasteiger partial charge in [0.25, 0.3) is 0 Å². The van der Waals surface area contributed by atoms with Gasteiger partial charge in [0.1, 0.15) is 6.61 Å². The summed E-state index contributed by atoms with van der Waals surface area (Å²) in [6, 6.07) is 8.25. The lowest BCUT2D eigenvalue weighted by atomic mass is 9.74. The Morgan fingerprint density at radius 1 is 1.23 bits per heavy atom. The lowest BCUT2D eigenvalue weighted by Crippen LogP contribution is -2.35. The van der Waals surface area contributed by atoms with E-state index in [0.29, 0.717) is 18.6 Å². The van der Waals surface area contributed by atoms with Crippen LogP contribution in [-0.2, 0) is 14.3 Å². The largest absolute Gasteiger partial charge is 0.461 e. The van der Waals surface area contributed by atoms with E-state index in [1.165, 1.54) is 9.75 Å². The summed E-state index contributed by atoms with van der Waals surface area (Å²) >= 11 is 5.10. The number of dihydropyridines is 1. The molecule has 1 aliphatic carbocycles. The Balaban J connectivity index is 1.69. The molecule has 2 aliphatic rings. The molecule has 2 aromatic heterocycles. The molecule has 4 rings (SSSR count). The second-order valence-electron chi connectivity index (χ2n) is 7.81. The highest BCUT2D eigenvalue weighted by atomic mass is 32.2. The van der Waals surface area contributed by atoms with Crippen LogP contribution in [0.2, 0.25) is 0 Å². The Labute approximate surface area is 195 Å². The number of thioether (sulfide) groups is 1. The predicted molar refractivity (Wildman–Crippen MR) is 130 cm³/mol. The number of Topliss-reactive ketones (excluding diaryl/α,β-unsaturated/α-hetero) is 1. The van der Waals surface area contributed by atoms with Gasteiger partial charge in [-0.2, -0.15) is 11.8 Å². The molecule has 0 saturated heterocycles. The van der Waals surface area contributed by atoms with E-state index in [1.54, 1.807) is 34.4 Å². The van der Waals surface area contributed by atoms with Crippen LogP contribution in [0, 0.1) is 6.92 Å². The Hall–Kier alpha value is -1.83. The van der Waals surface area contributed by atoms with Crippen LogP contribution in [0.3, 0.4) is 0 Å². The lowest BCUT2D eigenvalue weighted by molar-refractivity contribution is -0.138. The van der Waals surface area contributed by atoms with Gasteiger partial charge in [0.2, 0.25) is 0 Å². The molecule has 7 heteroatoms. The number of carbonyl (C=O) groups excluding carboxylic acids is 2. The van der Waals surface area contributed by atoms with Crippen molar-refractivity contribution in [3.05, 3.63) is 66.8 Å². The standard InChI is InChI=1S/C24H27NO3S3/c1-4-29-11-9-28-24(27)21-15(3)25-17-12-16(19-6-5-10-30-19)13-18(26)22(17)23(21)20-8-7-14(2)31-20/h5-8,10,16,23,25H,4,9,11-13H2,1-3H3/t16-,23-/m0/s1. The fourth-order valence-electron chi connectivity index (χ4n) is 4.34. The van der Waals surface area contributed by atoms with E-state index in [4.69, 9.17) is 4.74 Å². The third kappa shape index (κ3) is 4.69. The van der Waals surface area contributed by atoms with Crippen LogP contribution < -0.4 is 5.32 Å². The van der Waals surface area contributed by atoms with Crippen molar-refractivity contribution >= 4 is 46.2 Å². The summed E-state index contributed by atoms with van der Waals surface area (Å²) in [5, 5.41) is 5.48. The number of carbonyl (C=O) groups is 2. The molecule has 164 valence electrons. The Kier molecular flexibility index (Phi) is 7.04. The molecule has 3 heterocycles. The Morgan fingerprint density at radius 3 is 2.74 bits per heavy atom. The topological polar surface area (TPSA) is 55.4 Å². The van der Waals surface area contributed by atoms with Crippen LogP contribution in [0.4, 0.5) is 0 Å². The first-order chi connectivity index (χ1) is 15.0. The molecule has 1 N–H and O–H groups in total. The van der Waals surface area contributed by atoms with Gasteiger partial charge in [-0.25, -0.2) is 4.79 Å². The van der Waals surface area contributed by atoms with Gasteiger partial charge in [0, 0.05) is 49.7 Å². The SMILES string of the molecule is CCSCCOC(=O)C1=C(C)NC2=C(C(=O)C[C@@H](c3cccs3)C2)[C@H]1c1ccc(C)s1. The summed E-state index contributed by atoms with van der Waals surface area (Å²) in [4.78, 5) is 30.0.